The Bertz CT molecular complexity index is 721. The Hall–Kier alpha value is -2.25. The standard InChI is InChI=1S/C16H14O3S/c1-20(17,18)12-11-14-7-9-16(10-8-14)19-13-15-5-3-2-4-6-15/h2-10H,13H2,1H3. The van der Waals surface area contributed by atoms with Crippen molar-refractivity contribution >= 4 is 9.84 Å². The Morgan fingerprint density at radius 2 is 1.65 bits per heavy atom. The van der Waals surface area contributed by atoms with Crippen LogP contribution in [0.1, 0.15) is 11.1 Å². The summed E-state index contributed by atoms with van der Waals surface area (Å²) in [4.78, 5) is 0. The van der Waals surface area contributed by atoms with Crippen LogP contribution in [0.4, 0.5) is 0 Å². The molecule has 3 nitrogen and oxygen atoms in total. The van der Waals surface area contributed by atoms with Crippen LogP contribution >= 0.6 is 0 Å². The molecular weight excluding hydrogens is 272 g/mol. The van der Waals surface area contributed by atoms with Gasteiger partial charge in [-0.05, 0) is 29.8 Å². The van der Waals surface area contributed by atoms with Crippen molar-refractivity contribution in [2.75, 3.05) is 6.26 Å². The van der Waals surface area contributed by atoms with Gasteiger partial charge >= 0.3 is 0 Å². The molecule has 0 heterocycles. The third kappa shape index (κ3) is 4.79. The van der Waals surface area contributed by atoms with E-state index in [2.05, 4.69) is 11.2 Å². The first-order valence-electron chi connectivity index (χ1n) is 6.02. The Balaban J connectivity index is 2.00. The summed E-state index contributed by atoms with van der Waals surface area (Å²) in [7, 11) is -3.27. The van der Waals surface area contributed by atoms with E-state index in [1.54, 1.807) is 24.3 Å². The minimum Gasteiger partial charge on any atom is -0.489 e. The lowest BCUT2D eigenvalue weighted by molar-refractivity contribution is 0.306. The van der Waals surface area contributed by atoms with Gasteiger partial charge in [0.15, 0.2) is 0 Å². The third-order valence-corrected chi connectivity index (χ3v) is 2.96. The van der Waals surface area contributed by atoms with Gasteiger partial charge in [-0.25, -0.2) is 8.42 Å². The van der Waals surface area contributed by atoms with Crippen molar-refractivity contribution in [2.24, 2.45) is 0 Å². The SMILES string of the molecule is CS(=O)(=O)C#Cc1ccc(OCc2ccccc2)cc1. The summed E-state index contributed by atoms with van der Waals surface area (Å²) in [6, 6.07) is 16.9. The number of hydrogen-bond acceptors (Lipinski definition) is 3. The van der Waals surface area contributed by atoms with E-state index in [1.165, 1.54) is 0 Å². The van der Waals surface area contributed by atoms with Crippen molar-refractivity contribution in [3.05, 3.63) is 65.7 Å². The monoisotopic (exact) mass is 286 g/mol. The van der Waals surface area contributed by atoms with Gasteiger partial charge < -0.3 is 4.74 Å². The topological polar surface area (TPSA) is 43.4 Å². The van der Waals surface area contributed by atoms with Crippen molar-refractivity contribution in [1.29, 1.82) is 0 Å². The molecule has 0 aliphatic rings. The number of rotatable bonds is 3. The smallest absolute Gasteiger partial charge is 0.214 e. The highest BCUT2D eigenvalue weighted by atomic mass is 32.2. The zero-order chi connectivity index (χ0) is 14.4. The van der Waals surface area contributed by atoms with Crippen molar-refractivity contribution in [2.45, 2.75) is 6.61 Å². The molecule has 0 atom stereocenters. The second kappa shape index (κ2) is 6.27. The van der Waals surface area contributed by atoms with Crippen LogP contribution in [0.5, 0.6) is 5.75 Å². The van der Waals surface area contributed by atoms with Gasteiger partial charge in [-0.3, -0.25) is 0 Å². The highest BCUT2D eigenvalue weighted by Gasteiger charge is 1.96. The van der Waals surface area contributed by atoms with Crippen molar-refractivity contribution < 1.29 is 13.2 Å². The minimum atomic E-state index is -3.27. The molecule has 0 spiro atoms. The molecule has 0 saturated heterocycles. The highest BCUT2D eigenvalue weighted by molar-refractivity contribution is 7.95. The van der Waals surface area contributed by atoms with Crippen LogP contribution in [0.2, 0.25) is 0 Å². The van der Waals surface area contributed by atoms with Gasteiger partial charge in [0.25, 0.3) is 0 Å². The van der Waals surface area contributed by atoms with Gasteiger partial charge in [0.05, 0.1) is 6.26 Å². The first-order chi connectivity index (χ1) is 9.53. The van der Waals surface area contributed by atoms with Crippen LogP contribution in [-0.2, 0) is 16.4 Å². The highest BCUT2D eigenvalue weighted by Crippen LogP contribution is 2.13. The Kier molecular flexibility index (Phi) is 4.44. The first kappa shape index (κ1) is 14.2. The van der Waals surface area contributed by atoms with Gasteiger partial charge in [-0.2, -0.15) is 0 Å². The molecule has 0 aromatic heterocycles. The van der Waals surface area contributed by atoms with E-state index in [4.69, 9.17) is 4.74 Å². The first-order valence-corrected chi connectivity index (χ1v) is 7.92. The molecule has 0 unspecified atom stereocenters. The van der Waals surface area contributed by atoms with Crippen LogP contribution in [0, 0.1) is 11.2 Å². The zero-order valence-electron chi connectivity index (χ0n) is 11.0. The van der Waals surface area contributed by atoms with Crippen LogP contribution in [-0.4, -0.2) is 14.7 Å². The van der Waals surface area contributed by atoms with Crippen molar-refractivity contribution in [3.8, 4) is 16.9 Å². The van der Waals surface area contributed by atoms with Crippen LogP contribution < -0.4 is 4.74 Å². The zero-order valence-corrected chi connectivity index (χ0v) is 11.9. The Morgan fingerprint density at radius 3 is 2.25 bits per heavy atom. The van der Waals surface area contributed by atoms with Gasteiger partial charge in [-0.15, -0.1) is 0 Å². The molecule has 2 rings (SSSR count). The summed E-state index contributed by atoms with van der Waals surface area (Å²) >= 11 is 0. The number of benzene rings is 2. The largest absolute Gasteiger partial charge is 0.489 e. The molecule has 0 aliphatic carbocycles. The predicted octanol–water partition coefficient (Wildman–Crippen LogP) is 2.62. The molecule has 2 aromatic carbocycles. The summed E-state index contributed by atoms with van der Waals surface area (Å²) in [5, 5.41) is 2.20. The van der Waals surface area contributed by atoms with E-state index in [0.29, 0.717) is 12.2 Å². The third-order valence-electron chi connectivity index (χ3n) is 2.48. The van der Waals surface area contributed by atoms with Crippen LogP contribution in [0.3, 0.4) is 0 Å². The predicted molar refractivity (Wildman–Crippen MR) is 78.9 cm³/mol. The van der Waals surface area contributed by atoms with Gasteiger partial charge in [-0.1, -0.05) is 36.3 Å². The second-order valence-corrected chi connectivity index (χ2v) is 6.05. The quantitative estimate of drug-likeness (QED) is 0.815. The molecule has 20 heavy (non-hydrogen) atoms. The fourth-order valence-corrected chi connectivity index (χ4v) is 1.83. The molecular formula is C16H14O3S. The number of sulfone groups is 1. The molecule has 0 fully saturated rings. The van der Waals surface area contributed by atoms with E-state index >= 15 is 0 Å². The lowest BCUT2D eigenvalue weighted by Gasteiger charge is -2.05. The van der Waals surface area contributed by atoms with Crippen LogP contribution in [0.15, 0.2) is 54.6 Å². The maximum atomic E-state index is 10.9. The molecule has 0 amide bonds. The molecule has 4 heteroatoms. The van der Waals surface area contributed by atoms with Crippen molar-refractivity contribution in [1.82, 2.24) is 0 Å². The van der Waals surface area contributed by atoms with E-state index in [1.807, 2.05) is 30.3 Å². The van der Waals surface area contributed by atoms with Crippen LogP contribution in [0.25, 0.3) is 0 Å². The van der Waals surface area contributed by atoms with E-state index in [0.717, 1.165) is 17.6 Å². The van der Waals surface area contributed by atoms with Crippen molar-refractivity contribution in [3.63, 3.8) is 0 Å². The van der Waals surface area contributed by atoms with Gasteiger partial charge in [0.1, 0.15) is 12.4 Å². The Morgan fingerprint density at radius 1 is 1.00 bits per heavy atom. The summed E-state index contributed by atoms with van der Waals surface area (Å²) in [6.07, 6.45) is 1.08. The average Bonchev–Trinajstić information content (AvgIpc) is 2.44. The average molecular weight is 286 g/mol. The lowest BCUT2D eigenvalue weighted by Crippen LogP contribution is -1.94. The molecule has 0 radical (unpaired) electrons. The molecule has 0 aliphatic heterocycles. The maximum absolute atomic E-state index is 10.9. The number of hydrogen-bond donors (Lipinski definition) is 0. The summed E-state index contributed by atoms with van der Waals surface area (Å²) in [6.45, 7) is 0.495. The molecule has 0 bridgehead atoms. The Labute approximate surface area is 119 Å². The lowest BCUT2D eigenvalue weighted by atomic mass is 10.2. The van der Waals surface area contributed by atoms with E-state index in [9.17, 15) is 8.42 Å². The molecule has 0 saturated carbocycles. The minimum absolute atomic E-state index is 0.495. The van der Waals surface area contributed by atoms with Gasteiger partial charge in [0, 0.05) is 10.8 Å². The summed E-state index contributed by atoms with van der Waals surface area (Å²) in [5.41, 5.74) is 1.73. The molecule has 0 N–H and O–H groups in total. The summed E-state index contributed by atoms with van der Waals surface area (Å²) < 4.78 is 27.5. The summed E-state index contributed by atoms with van der Waals surface area (Å²) in [5.74, 6) is 3.31. The normalized spacial score (nSPS) is 10.4. The molecule has 2 aromatic rings. The fourth-order valence-electron chi connectivity index (χ4n) is 1.53. The van der Waals surface area contributed by atoms with E-state index in [-0.39, 0.29) is 0 Å². The fraction of sp³-hybridized carbons (Fsp3) is 0.125. The maximum Gasteiger partial charge on any atom is 0.214 e. The molecule has 102 valence electrons. The number of ether oxygens (including phenoxy) is 1. The van der Waals surface area contributed by atoms with Gasteiger partial charge in [0.2, 0.25) is 9.84 Å². The van der Waals surface area contributed by atoms with E-state index < -0.39 is 9.84 Å². The second-order valence-electron chi connectivity index (χ2n) is 4.30.